The molecule has 1 aliphatic rings. The standard InChI is InChI=1S/C13H15ClF3NO4S2/c14-9-1-5-11(6-2-9)23(19,20)12-7-3-10(4-8-12)18-24(21,22)13(15,16)17/h1-2,5-6,10,12,18H,3-4,7-8H2/t10-,12+. The molecule has 0 aromatic heterocycles. The second-order valence-electron chi connectivity index (χ2n) is 5.54. The first-order valence-electron chi connectivity index (χ1n) is 7.01. The SMILES string of the molecule is O=S(=O)(N[C@H]1CC[C@@H](S(=O)(=O)c2ccc(Cl)cc2)CC1)C(F)(F)F. The predicted molar refractivity (Wildman–Crippen MR) is 82.8 cm³/mol. The topological polar surface area (TPSA) is 80.3 Å². The first-order valence-corrected chi connectivity index (χ1v) is 10.4. The van der Waals surface area contributed by atoms with Crippen LogP contribution in [0.3, 0.4) is 0 Å². The highest BCUT2D eigenvalue weighted by atomic mass is 35.5. The molecule has 1 aromatic carbocycles. The number of sulfone groups is 1. The predicted octanol–water partition coefficient (Wildman–Crippen LogP) is 2.86. The highest BCUT2D eigenvalue weighted by Crippen LogP contribution is 2.31. The second kappa shape index (κ2) is 6.81. The molecule has 11 heteroatoms. The third-order valence-corrected chi connectivity index (χ3v) is 7.67. The van der Waals surface area contributed by atoms with Crippen LogP contribution in [0.4, 0.5) is 13.2 Å². The molecule has 1 saturated carbocycles. The minimum Gasteiger partial charge on any atom is -0.223 e. The summed E-state index contributed by atoms with van der Waals surface area (Å²) in [5, 5.41) is -0.371. The molecule has 5 nitrogen and oxygen atoms in total. The molecule has 0 spiro atoms. The monoisotopic (exact) mass is 405 g/mol. The van der Waals surface area contributed by atoms with Gasteiger partial charge in [0.1, 0.15) is 0 Å². The van der Waals surface area contributed by atoms with Gasteiger partial charge in [0, 0.05) is 11.1 Å². The van der Waals surface area contributed by atoms with E-state index in [0.29, 0.717) is 5.02 Å². The lowest BCUT2D eigenvalue weighted by Crippen LogP contribution is -2.45. The van der Waals surface area contributed by atoms with E-state index >= 15 is 0 Å². The number of halogens is 4. The van der Waals surface area contributed by atoms with Crippen LogP contribution < -0.4 is 4.72 Å². The molecule has 0 heterocycles. The first-order chi connectivity index (χ1) is 10.9. The van der Waals surface area contributed by atoms with Crippen LogP contribution in [0.5, 0.6) is 0 Å². The summed E-state index contributed by atoms with van der Waals surface area (Å²) in [6.07, 6.45) is 0.200. The molecule has 1 fully saturated rings. The quantitative estimate of drug-likeness (QED) is 0.835. The molecule has 136 valence electrons. The van der Waals surface area contributed by atoms with Crippen molar-refractivity contribution in [3.8, 4) is 0 Å². The van der Waals surface area contributed by atoms with Crippen molar-refractivity contribution in [3.63, 3.8) is 0 Å². The maximum Gasteiger partial charge on any atom is 0.511 e. The van der Waals surface area contributed by atoms with Gasteiger partial charge in [-0.1, -0.05) is 11.6 Å². The van der Waals surface area contributed by atoms with E-state index in [0.717, 1.165) is 0 Å². The molecule has 0 radical (unpaired) electrons. The first kappa shape index (κ1) is 19.5. The van der Waals surface area contributed by atoms with Crippen molar-refractivity contribution in [2.75, 3.05) is 0 Å². The third-order valence-electron chi connectivity index (χ3n) is 3.88. The van der Waals surface area contributed by atoms with Gasteiger partial charge in [-0.3, -0.25) is 0 Å². The van der Waals surface area contributed by atoms with Crippen molar-refractivity contribution in [2.45, 2.75) is 47.4 Å². The van der Waals surface area contributed by atoms with E-state index in [4.69, 9.17) is 11.6 Å². The van der Waals surface area contributed by atoms with Crippen LogP contribution in [-0.2, 0) is 19.9 Å². The zero-order valence-corrected chi connectivity index (χ0v) is 14.6. The highest BCUT2D eigenvalue weighted by Gasteiger charge is 2.47. The molecule has 0 aliphatic heterocycles. The van der Waals surface area contributed by atoms with Gasteiger partial charge in [-0.25, -0.2) is 21.6 Å². The summed E-state index contributed by atoms with van der Waals surface area (Å²) >= 11 is 5.71. The number of hydrogen-bond acceptors (Lipinski definition) is 4. The molecular weight excluding hydrogens is 391 g/mol. The lowest BCUT2D eigenvalue weighted by atomic mass is 9.96. The van der Waals surface area contributed by atoms with Gasteiger partial charge in [-0.2, -0.15) is 13.2 Å². The zero-order valence-electron chi connectivity index (χ0n) is 12.3. The highest BCUT2D eigenvalue weighted by molar-refractivity contribution is 7.92. The summed E-state index contributed by atoms with van der Waals surface area (Å²) in [6, 6.07) is 4.70. The Morgan fingerprint density at radius 1 is 0.958 bits per heavy atom. The van der Waals surface area contributed by atoms with Crippen molar-refractivity contribution in [1.82, 2.24) is 4.72 Å². The Bertz CT molecular complexity index is 784. The summed E-state index contributed by atoms with van der Waals surface area (Å²) in [7, 11) is -9.05. The zero-order chi connectivity index (χ0) is 18.2. The molecule has 0 amide bonds. The van der Waals surface area contributed by atoms with Crippen LogP contribution in [0, 0.1) is 0 Å². The van der Waals surface area contributed by atoms with Crippen molar-refractivity contribution in [1.29, 1.82) is 0 Å². The average molecular weight is 406 g/mol. The fourth-order valence-electron chi connectivity index (χ4n) is 2.59. The fourth-order valence-corrected chi connectivity index (χ4v) is 5.32. The number of nitrogens with one attached hydrogen (secondary N) is 1. The normalized spacial score (nSPS) is 23.2. The maximum atomic E-state index is 12.5. The Balaban J connectivity index is 2.04. The van der Waals surface area contributed by atoms with Crippen LogP contribution in [0.15, 0.2) is 29.2 Å². The summed E-state index contributed by atoms with van der Waals surface area (Å²) in [5.41, 5.74) is -5.38. The van der Waals surface area contributed by atoms with Crippen LogP contribution in [0.1, 0.15) is 25.7 Å². The Kier molecular flexibility index (Phi) is 5.53. The maximum absolute atomic E-state index is 12.5. The molecule has 2 rings (SSSR count). The number of benzene rings is 1. The van der Waals surface area contributed by atoms with Crippen molar-refractivity contribution >= 4 is 31.5 Å². The Morgan fingerprint density at radius 2 is 1.46 bits per heavy atom. The molecular formula is C13H15ClF3NO4S2. The lowest BCUT2D eigenvalue weighted by molar-refractivity contribution is -0.0452. The van der Waals surface area contributed by atoms with E-state index in [9.17, 15) is 30.0 Å². The number of hydrogen-bond donors (Lipinski definition) is 1. The van der Waals surface area contributed by atoms with E-state index in [-0.39, 0.29) is 30.6 Å². The molecule has 0 atom stereocenters. The van der Waals surface area contributed by atoms with Gasteiger partial charge in [0.25, 0.3) is 0 Å². The van der Waals surface area contributed by atoms with Crippen molar-refractivity contribution in [2.24, 2.45) is 0 Å². The number of rotatable bonds is 4. The van der Waals surface area contributed by atoms with E-state index in [2.05, 4.69) is 0 Å². The van der Waals surface area contributed by atoms with Gasteiger partial charge in [0.2, 0.25) is 0 Å². The van der Waals surface area contributed by atoms with Gasteiger partial charge >= 0.3 is 15.5 Å². The van der Waals surface area contributed by atoms with Crippen LogP contribution in [-0.4, -0.2) is 33.6 Å². The second-order valence-corrected chi connectivity index (χ2v) is 9.91. The van der Waals surface area contributed by atoms with Gasteiger partial charge in [0.05, 0.1) is 10.1 Å². The van der Waals surface area contributed by atoms with Crippen LogP contribution >= 0.6 is 11.6 Å². The number of alkyl halides is 3. The summed E-state index contributed by atoms with van der Waals surface area (Å²) in [5.74, 6) is 0. The van der Waals surface area contributed by atoms with Crippen molar-refractivity contribution < 1.29 is 30.0 Å². The van der Waals surface area contributed by atoms with E-state index in [1.807, 2.05) is 0 Å². The molecule has 24 heavy (non-hydrogen) atoms. The van der Waals surface area contributed by atoms with E-state index < -0.39 is 36.7 Å². The fraction of sp³-hybridized carbons (Fsp3) is 0.538. The Hall–Kier alpha value is -0.840. The van der Waals surface area contributed by atoms with Gasteiger partial charge in [0.15, 0.2) is 9.84 Å². The van der Waals surface area contributed by atoms with Gasteiger partial charge < -0.3 is 0 Å². The molecule has 0 saturated heterocycles. The lowest BCUT2D eigenvalue weighted by Gasteiger charge is -2.29. The number of sulfonamides is 1. The van der Waals surface area contributed by atoms with Gasteiger partial charge in [-0.15, -0.1) is 0 Å². The molecule has 1 aromatic rings. The molecule has 0 bridgehead atoms. The summed E-state index contributed by atoms with van der Waals surface area (Å²) < 4.78 is 85.8. The van der Waals surface area contributed by atoms with E-state index in [1.165, 1.54) is 24.3 Å². The minimum atomic E-state index is -5.42. The minimum absolute atomic E-state index is 0.0206. The van der Waals surface area contributed by atoms with Gasteiger partial charge in [-0.05, 0) is 49.9 Å². The third kappa shape index (κ3) is 4.22. The molecule has 0 unspecified atom stereocenters. The summed E-state index contributed by atoms with van der Waals surface area (Å²) in [4.78, 5) is 0.0891. The largest absolute Gasteiger partial charge is 0.511 e. The van der Waals surface area contributed by atoms with Crippen LogP contribution in [0.25, 0.3) is 0 Å². The molecule has 1 N–H and O–H groups in total. The Morgan fingerprint density at radius 3 is 1.92 bits per heavy atom. The van der Waals surface area contributed by atoms with Crippen molar-refractivity contribution in [3.05, 3.63) is 29.3 Å². The van der Waals surface area contributed by atoms with Crippen LogP contribution in [0.2, 0.25) is 5.02 Å². The molecule has 1 aliphatic carbocycles. The van der Waals surface area contributed by atoms with E-state index in [1.54, 1.807) is 4.72 Å². The Labute approximate surface area is 143 Å². The smallest absolute Gasteiger partial charge is 0.223 e. The average Bonchev–Trinajstić information content (AvgIpc) is 2.46. The summed E-state index contributed by atoms with van der Waals surface area (Å²) in [6.45, 7) is 0.